The van der Waals surface area contributed by atoms with Gasteiger partial charge in [-0.25, -0.2) is 0 Å². The Hall–Kier alpha value is -0.950. The van der Waals surface area contributed by atoms with Crippen LogP contribution in [0.25, 0.3) is 0 Å². The summed E-state index contributed by atoms with van der Waals surface area (Å²) in [6.07, 6.45) is -11.5. The Bertz CT molecular complexity index is 276. The summed E-state index contributed by atoms with van der Waals surface area (Å²) >= 11 is 0. The summed E-state index contributed by atoms with van der Waals surface area (Å²) in [6.45, 7) is 4.15. The van der Waals surface area contributed by atoms with E-state index >= 15 is 0 Å². The van der Waals surface area contributed by atoms with Gasteiger partial charge in [-0.15, -0.1) is 0 Å². The highest BCUT2D eigenvalue weighted by Gasteiger charge is 2.73. The van der Waals surface area contributed by atoms with Crippen LogP contribution in [0, 0.1) is 0 Å². The lowest BCUT2D eigenvalue weighted by Gasteiger charge is -2.42. The van der Waals surface area contributed by atoms with Crippen LogP contribution < -0.4 is 0 Å². The largest absolute Gasteiger partial charge is 0.395 e. The number of hydrogen-bond acceptors (Lipinski definition) is 3. The first-order valence-corrected chi connectivity index (χ1v) is 3.98. The third-order valence-electron chi connectivity index (χ3n) is 1.82. The van der Waals surface area contributed by atoms with Crippen LogP contribution in [-0.2, 0) is 14.3 Å². The second-order valence-electron chi connectivity index (χ2n) is 2.99. The van der Waals surface area contributed by atoms with E-state index in [2.05, 4.69) is 16.1 Å². The lowest BCUT2D eigenvalue weighted by atomic mass is 10.2. The molecule has 0 aromatic rings. The minimum atomic E-state index is -4.07. The second-order valence-corrected chi connectivity index (χ2v) is 2.99. The average Bonchev–Trinajstić information content (AvgIpc) is 2.10. The van der Waals surface area contributed by atoms with Gasteiger partial charge >= 0.3 is 12.2 Å². The molecule has 0 saturated carbocycles. The standard InChI is InChI=1S/C8H8F4O3/c1-3-5(13)4(2)14-6-7(9,10)15-8(6,11)12/h3-4,6H,1H2,2H3. The molecule has 0 aliphatic carbocycles. The van der Waals surface area contributed by atoms with Gasteiger partial charge in [-0.3, -0.25) is 9.53 Å². The van der Waals surface area contributed by atoms with Crippen LogP contribution in [-0.4, -0.2) is 30.2 Å². The topological polar surface area (TPSA) is 35.5 Å². The van der Waals surface area contributed by atoms with Crippen molar-refractivity contribution >= 4 is 5.78 Å². The highest BCUT2D eigenvalue weighted by Crippen LogP contribution is 2.48. The summed E-state index contributed by atoms with van der Waals surface area (Å²) in [6, 6.07) is 0. The number of hydrogen-bond donors (Lipinski definition) is 0. The molecule has 0 radical (unpaired) electrons. The summed E-state index contributed by atoms with van der Waals surface area (Å²) in [7, 11) is 0. The number of ketones is 1. The summed E-state index contributed by atoms with van der Waals surface area (Å²) in [5.74, 6) is -0.756. The first-order valence-electron chi connectivity index (χ1n) is 3.98. The first kappa shape index (κ1) is 12.1. The number of ether oxygens (including phenoxy) is 2. The number of rotatable bonds is 4. The van der Waals surface area contributed by atoms with Crippen LogP contribution in [0.5, 0.6) is 0 Å². The molecule has 0 amide bonds. The molecule has 1 aliphatic rings. The number of carbonyl (C=O) groups is 1. The van der Waals surface area contributed by atoms with Gasteiger partial charge in [0.05, 0.1) is 0 Å². The monoisotopic (exact) mass is 228 g/mol. The molecular weight excluding hydrogens is 220 g/mol. The molecule has 0 spiro atoms. The smallest absolute Gasteiger partial charge is 0.350 e. The van der Waals surface area contributed by atoms with Gasteiger partial charge in [0.2, 0.25) is 6.10 Å². The van der Waals surface area contributed by atoms with E-state index in [4.69, 9.17) is 0 Å². The predicted molar refractivity (Wildman–Crippen MR) is 40.5 cm³/mol. The first-order chi connectivity index (χ1) is 6.70. The molecule has 1 unspecified atom stereocenters. The zero-order valence-corrected chi connectivity index (χ0v) is 7.68. The van der Waals surface area contributed by atoms with Crippen LogP contribution in [0.1, 0.15) is 6.92 Å². The van der Waals surface area contributed by atoms with Crippen molar-refractivity contribution in [3.8, 4) is 0 Å². The minimum Gasteiger partial charge on any atom is -0.350 e. The molecule has 0 aromatic heterocycles. The van der Waals surface area contributed by atoms with Gasteiger partial charge in [0.15, 0.2) is 5.78 Å². The van der Waals surface area contributed by atoms with Crippen molar-refractivity contribution in [2.24, 2.45) is 0 Å². The summed E-state index contributed by atoms with van der Waals surface area (Å²) in [5, 5.41) is 0. The fourth-order valence-electron chi connectivity index (χ4n) is 1.02. The van der Waals surface area contributed by atoms with Crippen molar-refractivity contribution in [1.82, 2.24) is 0 Å². The Morgan fingerprint density at radius 1 is 1.47 bits per heavy atom. The molecule has 1 atom stereocenters. The number of alkyl halides is 4. The molecule has 86 valence electrons. The van der Waals surface area contributed by atoms with Crippen LogP contribution in [0.4, 0.5) is 17.6 Å². The Labute approximate surface area is 82.6 Å². The van der Waals surface area contributed by atoms with Crippen molar-refractivity contribution in [3.05, 3.63) is 12.7 Å². The molecule has 3 nitrogen and oxygen atoms in total. The molecule has 0 aromatic carbocycles. The van der Waals surface area contributed by atoms with E-state index in [1.165, 1.54) is 0 Å². The SMILES string of the molecule is C=CC(=O)C(C)OC1C(F)(F)OC1(F)F. The van der Waals surface area contributed by atoms with Gasteiger partial charge in [-0.2, -0.15) is 17.6 Å². The molecule has 1 heterocycles. The van der Waals surface area contributed by atoms with Crippen molar-refractivity contribution in [3.63, 3.8) is 0 Å². The molecule has 1 aliphatic heterocycles. The van der Waals surface area contributed by atoms with Gasteiger partial charge in [0, 0.05) is 0 Å². The van der Waals surface area contributed by atoms with E-state index in [1.54, 1.807) is 0 Å². The average molecular weight is 228 g/mol. The maximum absolute atomic E-state index is 12.5. The number of carbonyl (C=O) groups excluding carboxylic acids is 1. The quantitative estimate of drug-likeness (QED) is 0.543. The highest BCUT2D eigenvalue weighted by molar-refractivity contribution is 5.92. The zero-order valence-electron chi connectivity index (χ0n) is 7.68. The molecule has 0 bridgehead atoms. The van der Waals surface area contributed by atoms with E-state index < -0.39 is 30.2 Å². The predicted octanol–water partition coefficient (Wildman–Crippen LogP) is 1.73. The minimum absolute atomic E-state index is 0.756. The maximum Gasteiger partial charge on any atom is 0.395 e. The van der Waals surface area contributed by atoms with Crippen LogP contribution >= 0.6 is 0 Å². The molecule has 15 heavy (non-hydrogen) atoms. The second kappa shape index (κ2) is 3.57. The van der Waals surface area contributed by atoms with Crippen molar-refractivity contribution in [1.29, 1.82) is 0 Å². The van der Waals surface area contributed by atoms with Crippen molar-refractivity contribution in [2.75, 3.05) is 0 Å². The van der Waals surface area contributed by atoms with Gasteiger partial charge < -0.3 is 4.74 Å². The normalized spacial score (nSPS) is 25.4. The van der Waals surface area contributed by atoms with E-state index in [0.29, 0.717) is 0 Å². The lowest BCUT2D eigenvalue weighted by molar-refractivity contribution is -0.532. The highest BCUT2D eigenvalue weighted by atomic mass is 19.3. The summed E-state index contributed by atoms with van der Waals surface area (Å²) in [4.78, 5) is 10.8. The Morgan fingerprint density at radius 3 is 2.27 bits per heavy atom. The van der Waals surface area contributed by atoms with Crippen LogP contribution in [0.3, 0.4) is 0 Å². The molecule has 7 heteroatoms. The van der Waals surface area contributed by atoms with Crippen molar-refractivity contribution in [2.45, 2.75) is 31.3 Å². The molecule has 1 saturated heterocycles. The Morgan fingerprint density at radius 2 is 1.93 bits per heavy atom. The Balaban J connectivity index is 2.65. The maximum atomic E-state index is 12.5. The van der Waals surface area contributed by atoms with E-state index in [9.17, 15) is 22.4 Å². The molecule has 0 N–H and O–H groups in total. The fraction of sp³-hybridized carbons (Fsp3) is 0.625. The molecule has 1 rings (SSSR count). The third-order valence-corrected chi connectivity index (χ3v) is 1.82. The summed E-state index contributed by atoms with van der Waals surface area (Å²) < 4.78 is 57.1. The zero-order chi connectivity index (χ0) is 11.9. The van der Waals surface area contributed by atoms with Gasteiger partial charge in [0.25, 0.3) is 0 Å². The number of halogens is 4. The van der Waals surface area contributed by atoms with Crippen LogP contribution in [0.2, 0.25) is 0 Å². The van der Waals surface area contributed by atoms with E-state index in [0.717, 1.165) is 13.0 Å². The third kappa shape index (κ3) is 2.18. The van der Waals surface area contributed by atoms with E-state index in [-0.39, 0.29) is 0 Å². The lowest BCUT2D eigenvalue weighted by Crippen LogP contribution is -2.66. The van der Waals surface area contributed by atoms with Gasteiger partial charge in [0.1, 0.15) is 6.10 Å². The summed E-state index contributed by atoms with van der Waals surface area (Å²) in [5.41, 5.74) is 0. The Kier molecular flexibility index (Phi) is 2.88. The fourth-order valence-corrected chi connectivity index (χ4v) is 1.02. The van der Waals surface area contributed by atoms with Crippen LogP contribution in [0.15, 0.2) is 12.7 Å². The van der Waals surface area contributed by atoms with Gasteiger partial charge in [-0.05, 0) is 13.0 Å². The van der Waals surface area contributed by atoms with Crippen molar-refractivity contribution < 1.29 is 31.8 Å². The molecule has 1 fully saturated rings. The molecular formula is C8H8F4O3. The van der Waals surface area contributed by atoms with Gasteiger partial charge in [-0.1, -0.05) is 6.58 Å². The van der Waals surface area contributed by atoms with E-state index in [1.807, 2.05) is 0 Å².